The van der Waals surface area contributed by atoms with E-state index >= 15 is 0 Å². The maximum absolute atomic E-state index is 13.8. The fourth-order valence-corrected chi connectivity index (χ4v) is 2.42. The van der Waals surface area contributed by atoms with Crippen LogP contribution in [0, 0.1) is 11.6 Å². The molecule has 0 radical (unpaired) electrons. The fraction of sp³-hybridized carbons (Fsp3) is 0.462. The fourth-order valence-electron chi connectivity index (χ4n) is 2.42. The SMILES string of the molecule is COCCN1C(=O)CC(N)C1c1cccc(F)c1F. The Morgan fingerprint density at radius 1 is 1.47 bits per heavy atom. The number of carbonyl (C=O) groups is 1. The minimum Gasteiger partial charge on any atom is -0.383 e. The Balaban J connectivity index is 2.34. The molecule has 1 saturated heterocycles. The minimum absolute atomic E-state index is 0.120. The summed E-state index contributed by atoms with van der Waals surface area (Å²) in [4.78, 5) is 13.3. The van der Waals surface area contributed by atoms with Gasteiger partial charge >= 0.3 is 0 Å². The van der Waals surface area contributed by atoms with Crippen LogP contribution in [0.15, 0.2) is 18.2 Å². The molecule has 4 nitrogen and oxygen atoms in total. The molecule has 0 saturated carbocycles. The van der Waals surface area contributed by atoms with Gasteiger partial charge in [0, 0.05) is 31.7 Å². The number of ether oxygens (including phenoxy) is 1. The van der Waals surface area contributed by atoms with Crippen LogP contribution in [0.3, 0.4) is 0 Å². The van der Waals surface area contributed by atoms with Crippen molar-refractivity contribution in [3.63, 3.8) is 0 Å². The lowest BCUT2D eigenvalue weighted by Crippen LogP contribution is -2.35. The number of carbonyl (C=O) groups excluding carboxylic acids is 1. The van der Waals surface area contributed by atoms with Crippen LogP contribution in [0.2, 0.25) is 0 Å². The molecule has 19 heavy (non-hydrogen) atoms. The van der Waals surface area contributed by atoms with Crippen LogP contribution in [0.25, 0.3) is 0 Å². The van der Waals surface area contributed by atoms with Gasteiger partial charge in [-0.3, -0.25) is 4.79 Å². The predicted octanol–water partition coefficient (Wildman–Crippen LogP) is 1.21. The van der Waals surface area contributed by atoms with Gasteiger partial charge in [0.1, 0.15) is 0 Å². The molecule has 1 aromatic carbocycles. The van der Waals surface area contributed by atoms with E-state index in [0.29, 0.717) is 13.2 Å². The van der Waals surface area contributed by atoms with E-state index in [1.165, 1.54) is 24.1 Å². The van der Waals surface area contributed by atoms with Crippen LogP contribution < -0.4 is 5.73 Å². The molecule has 2 rings (SSSR count). The monoisotopic (exact) mass is 270 g/mol. The second-order valence-corrected chi connectivity index (χ2v) is 4.54. The number of nitrogens with zero attached hydrogens (tertiary/aromatic N) is 1. The molecule has 0 bridgehead atoms. The zero-order chi connectivity index (χ0) is 14.0. The van der Waals surface area contributed by atoms with E-state index < -0.39 is 23.7 Å². The van der Waals surface area contributed by atoms with E-state index in [9.17, 15) is 13.6 Å². The summed E-state index contributed by atoms with van der Waals surface area (Å²) in [6.45, 7) is 0.634. The molecule has 1 aromatic rings. The Hall–Kier alpha value is -1.53. The van der Waals surface area contributed by atoms with Crippen molar-refractivity contribution >= 4 is 5.91 Å². The van der Waals surface area contributed by atoms with Crippen LogP contribution in [-0.2, 0) is 9.53 Å². The molecule has 0 aromatic heterocycles. The summed E-state index contributed by atoms with van der Waals surface area (Å²) in [5.41, 5.74) is 6.01. The number of rotatable bonds is 4. The number of nitrogens with two attached hydrogens (primary N) is 1. The van der Waals surface area contributed by atoms with Crippen LogP contribution >= 0.6 is 0 Å². The molecular weight excluding hydrogens is 254 g/mol. The Kier molecular flexibility index (Phi) is 4.11. The first-order valence-electron chi connectivity index (χ1n) is 6.04. The average Bonchev–Trinajstić information content (AvgIpc) is 2.65. The number of amides is 1. The lowest BCUT2D eigenvalue weighted by molar-refractivity contribution is -0.129. The van der Waals surface area contributed by atoms with Crippen molar-refractivity contribution in [2.45, 2.75) is 18.5 Å². The van der Waals surface area contributed by atoms with Crippen molar-refractivity contribution in [3.8, 4) is 0 Å². The number of benzene rings is 1. The van der Waals surface area contributed by atoms with Gasteiger partial charge in [-0.1, -0.05) is 12.1 Å². The van der Waals surface area contributed by atoms with E-state index in [4.69, 9.17) is 10.5 Å². The quantitative estimate of drug-likeness (QED) is 0.894. The third-order valence-electron chi connectivity index (χ3n) is 3.31. The topological polar surface area (TPSA) is 55.6 Å². The van der Waals surface area contributed by atoms with Gasteiger partial charge in [0.25, 0.3) is 0 Å². The molecule has 2 atom stereocenters. The highest BCUT2D eigenvalue weighted by Gasteiger charge is 2.39. The number of likely N-dealkylation sites (tertiary alicyclic amines) is 1. The van der Waals surface area contributed by atoms with Crippen molar-refractivity contribution in [1.82, 2.24) is 4.90 Å². The summed E-state index contributed by atoms with van der Waals surface area (Å²) in [5.74, 6) is -2.05. The summed E-state index contributed by atoms with van der Waals surface area (Å²) >= 11 is 0. The average molecular weight is 270 g/mol. The van der Waals surface area contributed by atoms with E-state index in [1.807, 2.05) is 0 Å². The second-order valence-electron chi connectivity index (χ2n) is 4.54. The first-order chi connectivity index (χ1) is 9.06. The van der Waals surface area contributed by atoms with Crippen molar-refractivity contribution in [3.05, 3.63) is 35.4 Å². The van der Waals surface area contributed by atoms with E-state index in [2.05, 4.69) is 0 Å². The number of hydrogen-bond acceptors (Lipinski definition) is 3. The molecule has 104 valence electrons. The van der Waals surface area contributed by atoms with Gasteiger partial charge in [0.15, 0.2) is 11.6 Å². The highest BCUT2D eigenvalue weighted by molar-refractivity contribution is 5.80. The predicted molar refractivity (Wildman–Crippen MR) is 65.3 cm³/mol. The highest BCUT2D eigenvalue weighted by atomic mass is 19.2. The Bertz CT molecular complexity index is 482. The van der Waals surface area contributed by atoms with E-state index in [0.717, 1.165) is 6.07 Å². The molecule has 1 amide bonds. The van der Waals surface area contributed by atoms with Crippen LogP contribution in [-0.4, -0.2) is 37.1 Å². The van der Waals surface area contributed by atoms with E-state index in [1.54, 1.807) is 0 Å². The highest BCUT2D eigenvalue weighted by Crippen LogP contribution is 2.33. The third-order valence-corrected chi connectivity index (χ3v) is 3.31. The lowest BCUT2D eigenvalue weighted by atomic mass is 10.00. The summed E-state index contributed by atoms with van der Waals surface area (Å²) < 4.78 is 32.1. The largest absolute Gasteiger partial charge is 0.383 e. The summed E-state index contributed by atoms with van der Waals surface area (Å²) in [6.07, 6.45) is 0.129. The Labute approximate surface area is 110 Å². The maximum Gasteiger partial charge on any atom is 0.224 e. The number of methoxy groups -OCH3 is 1. The first kappa shape index (κ1) is 13.9. The van der Waals surface area contributed by atoms with Gasteiger partial charge in [-0.15, -0.1) is 0 Å². The minimum atomic E-state index is -0.944. The Morgan fingerprint density at radius 3 is 2.89 bits per heavy atom. The molecule has 1 heterocycles. The van der Waals surface area contributed by atoms with Crippen molar-refractivity contribution < 1.29 is 18.3 Å². The standard InChI is InChI=1S/C13H16F2N2O2/c1-19-6-5-17-11(18)7-10(16)13(17)8-3-2-4-9(14)12(8)15/h2-4,10,13H,5-7,16H2,1H3. The smallest absolute Gasteiger partial charge is 0.224 e. The summed E-state index contributed by atoms with van der Waals surface area (Å²) in [5, 5.41) is 0. The zero-order valence-corrected chi connectivity index (χ0v) is 10.6. The molecule has 1 fully saturated rings. The lowest BCUT2D eigenvalue weighted by Gasteiger charge is -2.27. The van der Waals surface area contributed by atoms with Gasteiger partial charge in [-0.05, 0) is 6.07 Å². The van der Waals surface area contributed by atoms with Crippen molar-refractivity contribution in [2.24, 2.45) is 5.73 Å². The molecule has 1 aliphatic rings. The maximum atomic E-state index is 13.8. The molecule has 0 spiro atoms. The van der Waals surface area contributed by atoms with E-state index in [-0.39, 0.29) is 17.9 Å². The molecule has 2 unspecified atom stereocenters. The van der Waals surface area contributed by atoms with Gasteiger partial charge in [-0.2, -0.15) is 0 Å². The van der Waals surface area contributed by atoms with Crippen LogP contribution in [0.1, 0.15) is 18.0 Å². The third kappa shape index (κ3) is 2.59. The van der Waals surface area contributed by atoms with Crippen LogP contribution in [0.4, 0.5) is 8.78 Å². The molecule has 6 heteroatoms. The van der Waals surface area contributed by atoms with Gasteiger partial charge < -0.3 is 15.4 Å². The molecular formula is C13H16F2N2O2. The second kappa shape index (κ2) is 5.63. The van der Waals surface area contributed by atoms with Gasteiger partial charge in [0.2, 0.25) is 5.91 Å². The van der Waals surface area contributed by atoms with Gasteiger partial charge in [0.05, 0.1) is 12.6 Å². The number of halogens is 2. The zero-order valence-electron chi connectivity index (χ0n) is 10.6. The summed E-state index contributed by atoms with van der Waals surface area (Å²) in [6, 6.07) is 2.73. The Morgan fingerprint density at radius 2 is 2.21 bits per heavy atom. The van der Waals surface area contributed by atoms with Crippen molar-refractivity contribution in [1.29, 1.82) is 0 Å². The normalized spacial score (nSPS) is 23.2. The van der Waals surface area contributed by atoms with Crippen molar-refractivity contribution in [2.75, 3.05) is 20.3 Å². The first-order valence-corrected chi connectivity index (χ1v) is 6.04. The number of hydrogen-bond donors (Lipinski definition) is 1. The molecule has 2 N–H and O–H groups in total. The molecule has 0 aliphatic carbocycles. The van der Waals surface area contributed by atoms with Gasteiger partial charge in [-0.25, -0.2) is 8.78 Å². The summed E-state index contributed by atoms with van der Waals surface area (Å²) in [7, 11) is 1.51. The van der Waals surface area contributed by atoms with Crippen LogP contribution in [0.5, 0.6) is 0 Å². The molecule has 1 aliphatic heterocycles.